The van der Waals surface area contributed by atoms with E-state index in [2.05, 4.69) is 27.2 Å². The van der Waals surface area contributed by atoms with Gasteiger partial charge in [0.25, 0.3) is 0 Å². The summed E-state index contributed by atoms with van der Waals surface area (Å²) in [6, 6.07) is 16.1. The van der Waals surface area contributed by atoms with Gasteiger partial charge in [-0.1, -0.05) is 60.1 Å². The van der Waals surface area contributed by atoms with Gasteiger partial charge in [-0.25, -0.2) is 8.93 Å². The van der Waals surface area contributed by atoms with Crippen LogP contribution >= 0.6 is 15.9 Å². The van der Waals surface area contributed by atoms with Crippen LogP contribution in [-0.4, -0.2) is 17.0 Å². The van der Waals surface area contributed by atoms with Crippen LogP contribution in [-0.2, 0) is 17.6 Å². The summed E-state index contributed by atoms with van der Waals surface area (Å²) in [5.74, 6) is 1.58. The molecule has 3 nitrogen and oxygen atoms in total. The van der Waals surface area contributed by atoms with Crippen LogP contribution in [0, 0.1) is 0 Å². The van der Waals surface area contributed by atoms with E-state index in [1.807, 2.05) is 68.5 Å². The maximum Gasteiger partial charge on any atom is 0.119 e. The molecule has 2 atom stereocenters. The van der Waals surface area contributed by atoms with Gasteiger partial charge in [-0.15, -0.1) is 6.58 Å². The highest BCUT2D eigenvalue weighted by Crippen LogP contribution is 2.24. The van der Waals surface area contributed by atoms with Crippen molar-refractivity contribution in [3.05, 3.63) is 76.8 Å². The number of nitrogens with one attached hydrogen (secondary N) is 1. The molecule has 0 radical (unpaired) electrons. The summed E-state index contributed by atoms with van der Waals surface area (Å²) in [6.07, 6.45) is 2.67. The molecule has 2 aromatic rings. The Morgan fingerprint density at radius 3 is 2.50 bits per heavy atom. The van der Waals surface area contributed by atoms with Crippen molar-refractivity contribution in [3.63, 3.8) is 0 Å². The summed E-state index contributed by atoms with van der Waals surface area (Å²) >= 11 is 3.46. The van der Waals surface area contributed by atoms with E-state index in [0.717, 1.165) is 27.8 Å². The van der Waals surface area contributed by atoms with Gasteiger partial charge in [0, 0.05) is 16.1 Å². The van der Waals surface area contributed by atoms with E-state index in [-0.39, 0.29) is 5.92 Å². The van der Waals surface area contributed by atoms with Crippen LogP contribution in [0.5, 0.6) is 5.75 Å². The molecule has 0 saturated heterocycles. The minimum Gasteiger partial charge on any atom is -0.489 e. The molecule has 0 spiro atoms. The molecule has 0 heterocycles. The highest BCUT2D eigenvalue weighted by atomic mass is 79.9. The number of ether oxygens (including phenoxy) is 1. The molecular weight excluding hydrogens is 410 g/mol. The Morgan fingerprint density at radius 1 is 1.23 bits per heavy atom. The lowest BCUT2D eigenvalue weighted by atomic mass is 9.98. The molecule has 26 heavy (non-hydrogen) atoms. The van der Waals surface area contributed by atoms with Crippen LogP contribution in [0.15, 0.2) is 65.7 Å². The van der Waals surface area contributed by atoms with Crippen LogP contribution in [0.1, 0.15) is 37.3 Å². The first-order valence-corrected chi connectivity index (χ1v) is 10.9. The van der Waals surface area contributed by atoms with Gasteiger partial charge < -0.3 is 4.74 Å². The number of halogens is 1. The highest BCUT2D eigenvalue weighted by Gasteiger charge is 2.13. The summed E-state index contributed by atoms with van der Waals surface area (Å²) in [7, 11) is 0.680. The number of benzene rings is 2. The Hall–Kier alpha value is -1.43. The Labute approximate surface area is 168 Å². The SMILES string of the molecule is C=CCC(CS(=O)NC)c1ccc(OCc2cccc(Br)c2)cc1.CC. The minimum atomic E-state index is -1.03. The zero-order valence-electron chi connectivity index (χ0n) is 15.7. The zero-order valence-corrected chi connectivity index (χ0v) is 18.1. The van der Waals surface area contributed by atoms with E-state index in [9.17, 15) is 4.21 Å². The first-order chi connectivity index (χ1) is 12.6. The van der Waals surface area contributed by atoms with E-state index in [1.54, 1.807) is 7.05 Å². The number of allylic oxidation sites excluding steroid dienone is 1. The van der Waals surface area contributed by atoms with Crippen molar-refractivity contribution in [2.24, 2.45) is 0 Å². The number of hydrogen-bond donors (Lipinski definition) is 1. The van der Waals surface area contributed by atoms with Gasteiger partial charge in [-0.3, -0.25) is 0 Å². The molecule has 0 aliphatic rings. The van der Waals surface area contributed by atoms with Crippen molar-refractivity contribution >= 4 is 26.9 Å². The largest absolute Gasteiger partial charge is 0.489 e. The summed E-state index contributed by atoms with van der Waals surface area (Å²) in [5.41, 5.74) is 2.26. The quantitative estimate of drug-likeness (QED) is 0.518. The maximum atomic E-state index is 11.8. The number of hydrogen-bond acceptors (Lipinski definition) is 2. The van der Waals surface area contributed by atoms with Gasteiger partial charge in [-0.2, -0.15) is 0 Å². The van der Waals surface area contributed by atoms with E-state index in [0.29, 0.717) is 12.4 Å². The molecular formula is C21H28BrNO2S. The molecule has 0 bridgehead atoms. The summed E-state index contributed by atoms with van der Waals surface area (Å²) in [6.45, 7) is 8.33. The van der Waals surface area contributed by atoms with Gasteiger partial charge in [0.15, 0.2) is 0 Å². The summed E-state index contributed by atoms with van der Waals surface area (Å²) < 4.78 is 21.4. The van der Waals surface area contributed by atoms with Crippen molar-refractivity contribution in [3.8, 4) is 5.75 Å². The molecule has 142 valence electrons. The van der Waals surface area contributed by atoms with Gasteiger partial charge in [0.2, 0.25) is 0 Å². The molecule has 2 unspecified atom stereocenters. The van der Waals surface area contributed by atoms with E-state index in [4.69, 9.17) is 4.74 Å². The standard InChI is InChI=1S/C19H22BrNO2S.C2H6/c1-3-5-17(14-24(22)21-2)16-8-10-19(11-9-16)23-13-15-6-4-7-18(20)12-15;1-2/h3-4,6-12,17,21H,1,5,13-14H2,2H3;1-2H3. The maximum absolute atomic E-state index is 11.8. The third-order valence-electron chi connectivity index (χ3n) is 3.68. The predicted octanol–water partition coefficient (Wildman–Crippen LogP) is 5.60. The molecule has 0 aliphatic carbocycles. The monoisotopic (exact) mass is 437 g/mol. The van der Waals surface area contributed by atoms with Crippen molar-refractivity contribution in [1.82, 2.24) is 4.72 Å². The molecule has 0 saturated carbocycles. The fourth-order valence-corrected chi connectivity index (χ4v) is 3.70. The van der Waals surface area contributed by atoms with E-state index >= 15 is 0 Å². The molecule has 0 amide bonds. The zero-order chi connectivity index (χ0) is 19.4. The average Bonchev–Trinajstić information content (AvgIpc) is 2.68. The number of rotatable bonds is 9. The van der Waals surface area contributed by atoms with Crippen molar-refractivity contribution < 1.29 is 8.95 Å². The van der Waals surface area contributed by atoms with E-state index in [1.165, 1.54) is 0 Å². The molecule has 1 N–H and O–H groups in total. The fraction of sp³-hybridized carbons (Fsp3) is 0.333. The highest BCUT2D eigenvalue weighted by molar-refractivity contribution is 9.10. The first kappa shape index (κ1) is 22.6. The molecule has 0 fully saturated rings. The van der Waals surface area contributed by atoms with E-state index < -0.39 is 11.0 Å². The topological polar surface area (TPSA) is 38.3 Å². The fourth-order valence-electron chi connectivity index (χ4n) is 2.40. The summed E-state index contributed by atoms with van der Waals surface area (Å²) in [4.78, 5) is 0. The Morgan fingerprint density at radius 2 is 1.92 bits per heavy atom. The molecule has 2 rings (SSSR count). The molecule has 0 aromatic heterocycles. The van der Waals surface area contributed by atoms with Gasteiger partial charge in [-0.05, 0) is 48.9 Å². The molecule has 0 aliphatic heterocycles. The van der Waals surface area contributed by atoms with Crippen LogP contribution in [0.4, 0.5) is 0 Å². The third-order valence-corrected chi connectivity index (χ3v) is 5.33. The van der Waals surface area contributed by atoms with Crippen molar-refractivity contribution in [2.45, 2.75) is 32.8 Å². The van der Waals surface area contributed by atoms with Gasteiger partial charge in [0.05, 0.1) is 11.0 Å². The second kappa shape index (κ2) is 12.8. The second-order valence-corrected chi connectivity index (χ2v) is 7.77. The molecule has 5 heteroatoms. The van der Waals surface area contributed by atoms with Crippen LogP contribution in [0.2, 0.25) is 0 Å². The predicted molar refractivity (Wildman–Crippen MR) is 116 cm³/mol. The molecule has 2 aromatic carbocycles. The lowest BCUT2D eigenvalue weighted by Crippen LogP contribution is -2.19. The van der Waals surface area contributed by atoms with Crippen LogP contribution < -0.4 is 9.46 Å². The lowest BCUT2D eigenvalue weighted by molar-refractivity contribution is 0.306. The summed E-state index contributed by atoms with van der Waals surface area (Å²) in [5, 5.41) is 0. The first-order valence-electron chi connectivity index (χ1n) is 8.76. The van der Waals surface area contributed by atoms with Crippen molar-refractivity contribution in [1.29, 1.82) is 0 Å². The van der Waals surface area contributed by atoms with Crippen LogP contribution in [0.3, 0.4) is 0 Å². The smallest absolute Gasteiger partial charge is 0.119 e. The average molecular weight is 438 g/mol. The van der Waals surface area contributed by atoms with Gasteiger partial charge >= 0.3 is 0 Å². The minimum absolute atomic E-state index is 0.190. The Bertz CT molecular complexity index is 689. The third kappa shape index (κ3) is 7.85. The van der Waals surface area contributed by atoms with Crippen LogP contribution in [0.25, 0.3) is 0 Å². The Kier molecular flexibility index (Phi) is 11.2. The normalized spacial score (nSPS) is 12.5. The Balaban J connectivity index is 0.00000163. The van der Waals surface area contributed by atoms with Crippen molar-refractivity contribution in [2.75, 3.05) is 12.8 Å². The van der Waals surface area contributed by atoms with Gasteiger partial charge in [0.1, 0.15) is 12.4 Å². The second-order valence-electron chi connectivity index (χ2n) is 5.43. The lowest BCUT2D eigenvalue weighted by Gasteiger charge is -2.15.